The second-order valence-electron chi connectivity index (χ2n) is 7.21. The molecule has 1 aliphatic carbocycles. The van der Waals surface area contributed by atoms with Crippen LogP contribution in [0.4, 0.5) is 0 Å². The number of aliphatic hydroxyl groups excluding tert-OH is 2. The van der Waals surface area contributed by atoms with Gasteiger partial charge in [-0.2, -0.15) is 0 Å². The smallest absolute Gasteiger partial charge is 0.354 e. The van der Waals surface area contributed by atoms with Crippen molar-refractivity contribution in [3.8, 4) is 0 Å². The standard InChI is InChI=1S/C18H29N3O5S/c1-4-26-16(25)13(19)12-5-8-21(15(24)14(12)20-3)9-18(6-7-18)27-17(2,10-22)11-23/h22-23H,4-11,19H2,1-3H3/b13-12-,20-14?. The molecular weight excluding hydrogens is 370 g/mol. The highest BCUT2D eigenvalue weighted by Gasteiger charge is 2.50. The number of amides is 1. The fourth-order valence-corrected chi connectivity index (χ4v) is 4.84. The van der Waals surface area contributed by atoms with E-state index in [1.807, 2.05) is 6.92 Å². The van der Waals surface area contributed by atoms with Gasteiger partial charge in [-0.25, -0.2) is 4.79 Å². The van der Waals surface area contributed by atoms with Crippen LogP contribution in [0.2, 0.25) is 0 Å². The zero-order valence-corrected chi connectivity index (χ0v) is 17.0. The minimum atomic E-state index is -0.642. The van der Waals surface area contributed by atoms with Crippen LogP contribution in [0.1, 0.15) is 33.1 Å². The van der Waals surface area contributed by atoms with Gasteiger partial charge in [0.25, 0.3) is 5.91 Å². The lowest BCUT2D eigenvalue weighted by Crippen LogP contribution is -2.48. The summed E-state index contributed by atoms with van der Waals surface area (Å²) in [5.41, 5.74) is 6.47. The van der Waals surface area contributed by atoms with Crippen LogP contribution in [0.25, 0.3) is 0 Å². The average Bonchev–Trinajstić information content (AvgIpc) is 3.41. The summed E-state index contributed by atoms with van der Waals surface area (Å²) in [5.74, 6) is -0.890. The molecule has 9 heteroatoms. The monoisotopic (exact) mass is 399 g/mol. The molecule has 2 aliphatic rings. The van der Waals surface area contributed by atoms with Gasteiger partial charge in [-0.1, -0.05) is 0 Å². The number of likely N-dealkylation sites (tertiary alicyclic amines) is 1. The number of carbonyl (C=O) groups is 2. The van der Waals surface area contributed by atoms with Crippen LogP contribution in [0.3, 0.4) is 0 Å². The van der Waals surface area contributed by atoms with E-state index in [1.165, 1.54) is 18.8 Å². The predicted molar refractivity (Wildman–Crippen MR) is 105 cm³/mol. The Bertz CT molecular complexity index is 653. The van der Waals surface area contributed by atoms with Gasteiger partial charge < -0.3 is 25.6 Å². The number of ether oxygens (including phenoxy) is 1. The van der Waals surface area contributed by atoms with Crippen LogP contribution in [0.15, 0.2) is 16.3 Å². The zero-order valence-electron chi connectivity index (χ0n) is 16.2. The molecule has 0 unspecified atom stereocenters. The first-order valence-corrected chi connectivity index (χ1v) is 9.90. The van der Waals surface area contributed by atoms with Gasteiger partial charge in [-0.15, -0.1) is 11.8 Å². The number of nitrogens with two attached hydrogens (primary N) is 1. The molecule has 0 aromatic heterocycles. The van der Waals surface area contributed by atoms with Crippen molar-refractivity contribution in [1.82, 2.24) is 4.90 Å². The van der Waals surface area contributed by atoms with Crippen LogP contribution in [0.5, 0.6) is 0 Å². The number of carbonyl (C=O) groups excluding carboxylic acids is 2. The number of hydrogen-bond acceptors (Lipinski definition) is 8. The quantitative estimate of drug-likeness (QED) is 0.390. The van der Waals surface area contributed by atoms with Crippen LogP contribution in [-0.4, -0.2) is 82.2 Å². The predicted octanol–water partition coefficient (Wildman–Crippen LogP) is 0.0745. The topological polar surface area (TPSA) is 125 Å². The van der Waals surface area contributed by atoms with E-state index in [4.69, 9.17) is 10.5 Å². The number of esters is 1. The van der Waals surface area contributed by atoms with E-state index in [2.05, 4.69) is 4.99 Å². The number of nitrogens with zero attached hydrogens (tertiary/aromatic N) is 2. The number of thioether (sulfide) groups is 1. The second kappa shape index (κ2) is 8.62. The molecule has 8 nitrogen and oxygen atoms in total. The molecule has 0 aromatic rings. The summed E-state index contributed by atoms with van der Waals surface area (Å²) in [6, 6.07) is 0. The number of aliphatic hydroxyl groups is 2. The van der Waals surface area contributed by atoms with Gasteiger partial charge in [0.1, 0.15) is 11.4 Å². The van der Waals surface area contributed by atoms with Crippen LogP contribution < -0.4 is 5.73 Å². The molecule has 1 saturated carbocycles. The molecule has 27 heavy (non-hydrogen) atoms. The molecule has 1 saturated heterocycles. The Labute approximate surface area is 163 Å². The summed E-state index contributed by atoms with van der Waals surface area (Å²) < 4.78 is 4.12. The highest BCUT2D eigenvalue weighted by Crippen LogP contribution is 2.54. The van der Waals surface area contributed by atoms with E-state index in [0.717, 1.165) is 12.8 Å². The van der Waals surface area contributed by atoms with E-state index in [-0.39, 0.29) is 41.9 Å². The third kappa shape index (κ3) is 4.83. The van der Waals surface area contributed by atoms with Gasteiger partial charge in [0.15, 0.2) is 0 Å². The summed E-state index contributed by atoms with van der Waals surface area (Å²) in [7, 11) is 1.51. The van der Waals surface area contributed by atoms with Crippen molar-refractivity contribution < 1.29 is 24.5 Å². The van der Waals surface area contributed by atoms with E-state index in [0.29, 0.717) is 25.1 Å². The number of piperidine rings is 1. The lowest BCUT2D eigenvalue weighted by Gasteiger charge is -2.36. The fourth-order valence-electron chi connectivity index (χ4n) is 3.14. The lowest BCUT2D eigenvalue weighted by atomic mass is 9.98. The Morgan fingerprint density at radius 2 is 2.04 bits per heavy atom. The first-order chi connectivity index (χ1) is 12.7. The molecule has 2 rings (SSSR count). The molecule has 152 valence electrons. The molecule has 1 amide bonds. The van der Waals surface area contributed by atoms with Crippen molar-refractivity contribution in [3.63, 3.8) is 0 Å². The maximum Gasteiger partial charge on any atom is 0.354 e. The Morgan fingerprint density at radius 1 is 1.41 bits per heavy atom. The first-order valence-electron chi connectivity index (χ1n) is 9.09. The van der Waals surface area contributed by atoms with Gasteiger partial charge >= 0.3 is 5.97 Å². The van der Waals surface area contributed by atoms with Crippen LogP contribution >= 0.6 is 11.8 Å². The van der Waals surface area contributed by atoms with Crippen LogP contribution in [-0.2, 0) is 14.3 Å². The molecule has 0 bridgehead atoms. The fraction of sp³-hybridized carbons (Fsp3) is 0.722. The minimum absolute atomic E-state index is 0.0610. The summed E-state index contributed by atoms with van der Waals surface area (Å²) in [6.45, 7) is 4.40. The average molecular weight is 400 g/mol. The molecular formula is C18H29N3O5S. The molecule has 1 heterocycles. The number of aliphatic imine (C=N–C) groups is 1. The second-order valence-corrected chi connectivity index (χ2v) is 9.27. The van der Waals surface area contributed by atoms with Gasteiger partial charge in [-0.3, -0.25) is 9.79 Å². The van der Waals surface area contributed by atoms with Crippen molar-refractivity contribution in [3.05, 3.63) is 11.3 Å². The maximum atomic E-state index is 12.9. The third-order valence-corrected chi connectivity index (χ3v) is 6.59. The van der Waals surface area contributed by atoms with Gasteiger partial charge in [0.2, 0.25) is 0 Å². The first kappa shape index (κ1) is 21.7. The Morgan fingerprint density at radius 3 is 2.52 bits per heavy atom. The lowest BCUT2D eigenvalue weighted by molar-refractivity contribution is -0.138. The van der Waals surface area contributed by atoms with Gasteiger partial charge in [0.05, 0.1) is 24.6 Å². The Kier molecular flexibility index (Phi) is 6.93. The normalized spacial score (nSPS) is 22.8. The number of rotatable bonds is 8. The summed E-state index contributed by atoms with van der Waals surface area (Å²) in [6.07, 6.45) is 2.27. The zero-order chi connectivity index (χ0) is 20.2. The summed E-state index contributed by atoms with van der Waals surface area (Å²) >= 11 is 1.54. The Hall–Kier alpha value is -1.58. The van der Waals surface area contributed by atoms with Crippen molar-refractivity contribution in [1.29, 1.82) is 0 Å². The third-order valence-electron chi connectivity index (χ3n) is 4.87. The maximum absolute atomic E-state index is 12.9. The minimum Gasteiger partial charge on any atom is -0.461 e. The van der Waals surface area contributed by atoms with E-state index >= 15 is 0 Å². The molecule has 0 atom stereocenters. The molecule has 2 fully saturated rings. The summed E-state index contributed by atoms with van der Waals surface area (Å²) in [4.78, 5) is 30.6. The van der Waals surface area contributed by atoms with Crippen molar-refractivity contribution in [2.45, 2.75) is 42.6 Å². The molecule has 1 aliphatic heterocycles. The van der Waals surface area contributed by atoms with E-state index in [1.54, 1.807) is 11.8 Å². The van der Waals surface area contributed by atoms with Crippen molar-refractivity contribution >= 4 is 29.4 Å². The largest absolute Gasteiger partial charge is 0.461 e. The highest BCUT2D eigenvalue weighted by molar-refractivity contribution is 8.02. The highest BCUT2D eigenvalue weighted by atomic mass is 32.2. The molecule has 0 radical (unpaired) electrons. The Balaban J connectivity index is 2.14. The van der Waals surface area contributed by atoms with E-state index < -0.39 is 10.7 Å². The SMILES string of the molecule is CCOC(=O)/C(N)=C1\CCN(CC2(SC(C)(CO)CO)CC2)C(=O)C1=NC. The van der Waals surface area contributed by atoms with E-state index in [9.17, 15) is 19.8 Å². The molecule has 4 N–H and O–H groups in total. The summed E-state index contributed by atoms with van der Waals surface area (Å²) in [5, 5.41) is 19.1. The van der Waals surface area contributed by atoms with Gasteiger partial charge in [0, 0.05) is 30.5 Å². The van der Waals surface area contributed by atoms with Gasteiger partial charge in [-0.05, 0) is 33.1 Å². The molecule has 0 aromatic carbocycles. The molecule has 0 spiro atoms. The van der Waals surface area contributed by atoms with Crippen molar-refractivity contribution in [2.75, 3.05) is 40.0 Å². The van der Waals surface area contributed by atoms with Crippen LogP contribution in [0, 0.1) is 0 Å². The van der Waals surface area contributed by atoms with Crippen molar-refractivity contribution in [2.24, 2.45) is 10.7 Å². The number of hydrogen-bond donors (Lipinski definition) is 3.